The van der Waals surface area contributed by atoms with E-state index in [9.17, 15) is 0 Å². The van der Waals surface area contributed by atoms with Crippen molar-refractivity contribution in [3.63, 3.8) is 0 Å². The third-order valence-corrected chi connectivity index (χ3v) is 1.98. The summed E-state index contributed by atoms with van der Waals surface area (Å²) in [6, 6.07) is 0. The second-order valence-corrected chi connectivity index (χ2v) is 2.67. The van der Waals surface area contributed by atoms with Crippen LogP contribution in [-0.4, -0.2) is 49.5 Å². The minimum atomic E-state index is 0. The van der Waals surface area contributed by atoms with E-state index in [1.807, 2.05) is 0 Å². The van der Waals surface area contributed by atoms with Crippen LogP contribution >= 0.6 is 12.4 Å². The summed E-state index contributed by atoms with van der Waals surface area (Å²) in [6.45, 7) is 3.10. The lowest BCUT2D eigenvalue weighted by Gasteiger charge is -2.12. The van der Waals surface area contributed by atoms with Crippen molar-refractivity contribution in [3.8, 4) is 0 Å². The Morgan fingerprint density at radius 1 is 1.64 bits per heavy atom. The molecule has 1 rings (SSSR count). The number of halogens is 1. The quantitative estimate of drug-likeness (QED) is 0.672. The van der Waals surface area contributed by atoms with Crippen molar-refractivity contribution in [2.24, 2.45) is 0 Å². The molecule has 0 bridgehead atoms. The summed E-state index contributed by atoms with van der Waals surface area (Å²) >= 11 is 0. The van der Waals surface area contributed by atoms with Crippen molar-refractivity contribution in [1.82, 2.24) is 4.90 Å². The second kappa shape index (κ2) is 5.77. The minimum absolute atomic E-state index is 0. The molecule has 0 aromatic carbocycles. The molecule has 0 aliphatic carbocycles. The maximum absolute atomic E-state index is 8.60. The highest BCUT2D eigenvalue weighted by atomic mass is 35.5. The van der Waals surface area contributed by atoms with E-state index >= 15 is 0 Å². The zero-order chi connectivity index (χ0) is 7.40. The molecule has 11 heavy (non-hydrogen) atoms. The van der Waals surface area contributed by atoms with Gasteiger partial charge in [0.25, 0.3) is 0 Å². The number of nitrogens with zero attached hydrogens (tertiary/aromatic N) is 1. The predicted octanol–water partition coefficient (Wildman–Crippen LogP) is 0.121. The predicted molar refractivity (Wildman–Crippen MR) is 46.2 cm³/mol. The van der Waals surface area contributed by atoms with E-state index in [1.54, 1.807) is 7.11 Å². The van der Waals surface area contributed by atoms with E-state index in [1.165, 1.54) is 0 Å². The summed E-state index contributed by atoms with van der Waals surface area (Å²) in [5, 5.41) is 8.60. The highest BCUT2D eigenvalue weighted by Crippen LogP contribution is 2.10. The van der Waals surface area contributed by atoms with E-state index in [0.29, 0.717) is 6.10 Å². The van der Waals surface area contributed by atoms with Gasteiger partial charge >= 0.3 is 0 Å². The molecule has 1 unspecified atom stereocenters. The number of aliphatic hydroxyl groups excluding tert-OH is 1. The summed E-state index contributed by atoms with van der Waals surface area (Å²) in [4.78, 5) is 2.22. The van der Waals surface area contributed by atoms with Crippen molar-refractivity contribution in [1.29, 1.82) is 0 Å². The minimum Gasteiger partial charge on any atom is -0.395 e. The molecule has 0 aromatic rings. The number of aliphatic hydroxyl groups is 1. The highest BCUT2D eigenvalue weighted by Gasteiger charge is 2.20. The van der Waals surface area contributed by atoms with Crippen LogP contribution in [0.5, 0.6) is 0 Å². The number of ether oxygens (including phenoxy) is 1. The lowest BCUT2D eigenvalue weighted by molar-refractivity contribution is 0.105. The van der Waals surface area contributed by atoms with Crippen molar-refractivity contribution in [3.05, 3.63) is 0 Å². The van der Waals surface area contributed by atoms with Crippen LogP contribution in [-0.2, 0) is 4.74 Å². The van der Waals surface area contributed by atoms with Crippen LogP contribution in [0.1, 0.15) is 6.42 Å². The van der Waals surface area contributed by atoms with Gasteiger partial charge in [-0.2, -0.15) is 0 Å². The normalized spacial score (nSPS) is 25.1. The van der Waals surface area contributed by atoms with Crippen molar-refractivity contribution in [2.75, 3.05) is 33.4 Å². The van der Waals surface area contributed by atoms with Gasteiger partial charge in [0.05, 0.1) is 12.7 Å². The smallest absolute Gasteiger partial charge is 0.0710 e. The van der Waals surface area contributed by atoms with Gasteiger partial charge < -0.3 is 9.84 Å². The Kier molecular flexibility index (Phi) is 5.86. The Morgan fingerprint density at radius 2 is 2.36 bits per heavy atom. The van der Waals surface area contributed by atoms with Crippen LogP contribution in [0.4, 0.5) is 0 Å². The number of methoxy groups -OCH3 is 1. The molecule has 68 valence electrons. The zero-order valence-electron chi connectivity index (χ0n) is 6.82. The molecule has 1 aliphatic heterocycles. The molecule has 3 nitrogen and oxygen atoms in total. The lowest BCUT2D eigenvalue weighted by atomic mass is 10.3. The van der Waals surface area contributed by atoms with E-state index < -0.39 is 0 Å². The molecule has 0 spiro atoms. The SMILES string of the molecule is COC1CCN(CCO)C1.Cl. The first kappa shape index (κ1) is 11.2. The number of rotatable bonds is 3. The average molecular weight is 182 g/mol. The molecule has 0 amide bonds. The van der Waals surface area contributed by atoms with Gasteiger partial charge in [-0.25, -0.2) is 0 Å². The van der Waals surface area contributed by atoms with Crippen molar-refractivity contribution in [2.45, 2.75) is 12.5 Å². The highest BCUT2D eigenvalue weighted by molar-refractivity contribution is 5.85. The number of β-amino-alcohol motifs (C(OH)–C–C–N with tert-alkyl or cyclic N) is 1. The van der Waals surface area contributed by atoms with Crippen LogP contribution in [0, 0.1) is 0 Å². The molecule has 1 atom stereocenters. The molecule has 4 heteroatoms. The third kappa shape index (κ3) is 3.38. The monoisotopic (exact) mass is 181 g/mol. The van der Waals surface area contributed by atoms with E-state index in [4.69, 9.17) is 9.84 Å². The van der Waals surface area contributed by atoms with Gasteiger partial charge in [0.15, 0.2) is 0 Å². The van der Waals surface area contributed by atoms with Crippen molar-refractivity contribution >= 4 is 12.4 Å². The van der Waals surface area contributed by atoms with Gasteiger partial charge in [0, 0.05) is 26.7 Å². The van der Waals surface area contributed by atoms with Gasteiger partial charge in [0.1, 0.15) is 0 Å². The molecule has 0 saturated carbocycles. The standard InChI is InChI=1S/C7H15NO2.ClH/c1-10-7-2-3-8(6-7)4-5-9;/h7,9H,2-6H2,1H3;1H. The van der Waals surface area contributed by atoms with Gasteiger partial charge in [-0.05, 0) is 6.42 Å². The summed E-state index contributed by atoms with van der Waals surface area (Å²) in [7, 11) is 1.74. The summed E-state index contributed by atoms with van der Waals surface area (Å²) in [5.74, 6) is 0. The Bertz CT molecular complexity index is 102. The maximum Gasteiger partial charge on any atom is 0.0710 e. The molecular formula is C7H16ClNO2. The first-order chi connectivity index (χ1) is 4.86. The van der Waals surface area contributed by atoms with Crippen LogP contribution < -0.4 is 0 Å². The number of hydrogen-bond acceptors (Lipinski definition) is 3. The van der Waals surface area contributed by atoms with Gasteiger partial charge in [-0.1, -0.05) is 0 Å². The van der Waals surface area contributed by atoms with Crippen LogP contribution in [0.25, 0.3) is 0 Å². The molecule has 1 N–H and O–H groups in total. The largest absolute Gasteiger partial charge is 0.395 e. The lowest BCUT2D eigenvalue weighted by Crippen LogP contribution is -2.25. The molecule has 1 saturated heterocycles. The summed E-state index contributed by atoms with van der Waals surface area (Å²) < 4.78 is 5.16. The first-order valence-electron chi connectivity index (χ1n) is 3.73. The molecule has 1 heterocycles. The topological polar surface area (TPSA) is 32.7 Å². The fraction of sp³-hybridized carbons (Fsp3) is 1.00. The van der Waals surface area contributed by atoms with Crippen LogP contribution in [0.15, 0.2) is 0 Å². The van der Waals surface area contributed by atoms with E-state index in [0.717, 1.165) is 26.1 Å². The van der Waals surface area contributed by atoms with Gasteiger partial charge in [0.2, 0.25) is 0 Å². The second-order valence-electron chi connectivity index (χ2n) is 2.67. The van der Waals surface area contributed by atoms with Crippen LogP contribution in [0.3, 0.4) is 0 Å². The Hall–Kier alpha value is 0.170. The Labute approximate surface area is 73.7 Å². The Morgan fingerprint density at radius 3 is 2.82 bits per heavy atom. The molecular weight excluding hydrogens is 166 g/mol. The molecule has 1 fully saturated rings. The molecule has 0 aromatic heterocycles. The van der Waals surface area contributed by atoms with Gasteiger partial charge in [-0.15, -0.1) is 12.4 Å². The average Bonchev–Trinajstić information content (AvgIpc) is 2.37. The zero-order valence-corrected chi connectivity index (χ0v) is 7.64. The maximum atomic E-state index is 8.60. The fourth-order valence-corrected chi connectivity index (χ4v) is 1.33. The molecule has 1 aliphatic rings. The molecule has 0 radical (unpaired) electrons. The Balaban J connectivity index is 0.000001000. The number of hydrogen-bond donors (Lipinski definition) is 1. The third-order valence-electron chi connectivity index (χ3n) is 1.98. The van der Waals surface area contributed by atoms with Gasteiger partial charge in [-0.3, -0.25) is 4.90 Å². The van der Waals surface area contributed by atoms with Crippen molar-refractivity contribution < 1.29 is 9.84 Å². The number of likely N-dealkylation sites (tertiary alicyclic amines) is 1. The first-order valence-corrected chi connectivity index (χ1v) is 3.73. The summed E-state index contributed by atoms with van der Waals surface area (Å²) in [5.41, 5.74) is 0. The van der Waals surface area contributed by atoms with Crippen LogP contribution in [0.2, 0.25) is 0 Å². The summed E-state index contributed by atoms with van der Waals surface area (Å²) in [6.07, 6.45) is 1.50. The van der Waals surface area contributed by atoms with E-state index in [-0.39, 0.29) is 19.0 Å². The fourth-order valence-electron chi connectivity index (χ4n) is 1.33. The van der Waals surface area contributed by atoms with E-state index in [2.05, 4.69) is 4.90 Å².